The van der Waals surface area contributed by atoms with Gasteiger partial charge in [0, 0.05) is 25.7 Å². The third-order valence-corrected chi connectivity index (χ3v) is 2.73. The highest BCUT2D eigenvalue weighted by Gasteiger charge is 2.23. The first-order valence-electron chi connectivity index (χ1n) is 4.49. The van der Waals surface area contributed by atoms with Crippen molar-refractivity contribution in [2.45, 2.75) is 38.5 Å². The minimum Gasteiger partial charge on any atom is -0.299 e. The van der Waals surface area contributed by atoms with Crippen molar-refractivity contribution in [2.75, 3.05) is 0 Å². The number of hydrogen-bond acceptors (Lipinski definition) is 2. The molecule has 0 aromatic rings. The van der Waals surface area contributed by atoms with Crippen LogP contribution in [0.25, 0.3) is 0 Å². The summed E-state index contributed by atoms with van der Waals surface area (Å²) < 4.78 is 0. The van der Waals surface area contributed by atoms with Gasteiger partial charge in [0.15, 0.2) is 0 Å². The molecular formula is C10H12O2. The van der Waals surface area contributed by atoms with Gasteiger partial charge in [-0.2, -0.15) is 0 Å². The molecule has 0 heterocycles. The van der Waals surface area contributed by atoms with Crippen molar-refractivity contribution >= 4 is 11.6 Å². The molecule has 64 valence electrons. The fourth-order valence-corrected chi connectivity index (χ4v) is 2.01. The van der Waals surface area contributed by atoms with Gasteiger partial charge in [0.1, 0.15) is 11.6 Å². The Hall–Kier alpha value is -0.920. The van der Waals surface area contributed by atoms with Crippen molar-refractivity contribution in [3.05, 3.63) is 11.1 Å². The molecule has 0 radical (unpaired) electrons. The molecule has 0 bridgehead atoms. The van der Waals surface area contributed by atoms with E-state index in [4.69, 9.17) is 0 Å². The predicted molar refractivity (Wildman–Crippen MR) is 44.7 cm³/mol. The molecule has 2 aliphatic carbocycles. The molecule has 2 nitrogen and oxygen atoms in total. The Morgan fingerprint density at radius 1 is 0.667 bits per heavy atom. The number of carbonyl (C=O) groups excluding carboxylic acids is 2. The Labute approximate surface area is 71.6 Å². The van der Waals surface area contributed by atoms with Crippen LogP contribution in [0.15, 0.2) is 11.1 Å². The number of Topliss-reactive ketones (excluding diaryl/α,β-unsaturated/α-hetero) is 2. The quantitative estimate of drug-likeness (QED) is 0.511. The average molecular weight is 164 g/mol. The van der Waals surface area contributed by atoms with Gasteiger partial charge in [0.25, 0.3) is 0 Å². The van der Waals surface area contributed by atoms with E-state index in [0.29, 0.717) is 37.2 Å². The van der Waals surface area contributed by atoms with E-state index in [1.54, 1.807) is 0 Å². The molecule has 2 aliphatic rings. The Morgan fingerprint density at radius 3 is 1.50 bits per heavy atom. The van der Waals surface area contributed by atoms with Crippen LogP contribution in [0.2, 0.25) is 0 Å². The van der Waals surface area contributed by atoms with Gasteiger partial charge in [0.05, 0.1) is 0 Å². The molecule has 0 amide bonds. The lowest BCUT2D eigenvalue weighted by molar-refractivity contribution is -0.121. The first kappa shape index (κ1) is 7.71. The third kappa shape index (κ3) is 1.33. The van der Waals surface area contributed by atoms with Crippen molar-refractivity contribution in [1.82, 2.24) is 0 Å². The molecule has 2 rings (SSSR count). The second-order valence-electron chi connectivity index (χ2n) is 3.64. The smallest absolute Gasteiger partial charge is 0.137 e. The van der Waals surface area contributed by atoms with Gasteiger partial charge < -0.3 is 0 Å². The minimum atomic E-state index is 0.350. The third-order valence-electron chi connectivity index (χ3n) is 2.73. The summed E-state index contributed by atoms with van der Waals surface area (Å²) in [7, 11) is 0. The maximum absolute atomic E-state index is 11.1. The Morgan fingerprint density at radius 2 is 1.08 bits per heavy atom. The molecule has 0 atom stereocenters. The zero-order valence-corrected chi connectivity index (χ0v) is 7.06. The zero-order chi connectivity index (χ0) is 8.55. The fourth-order valence-electron chi connectivity index (χ4n) is 2.01. The van der Waals surface area contributed by atoms with Crippen LogP contribution in [0.5, 0.6) is 0 Å². The fraction of sp³-hybridized carbons (Fsp3) is 0.600. The maximum atomic E-state index is 11.1. The number of ketones is 2. The molecule has 0 N–H and O–H groups in total. The topological polar surface area (TPSA) is 34.1 Å². The van der Waals surface area contributed by atoms with E-state index in [1.165, 1.54) is 11.1 Å². The molecule has 0 saturated carbocycles. The molecule has 0 aliphatic heterocycles. The highest BCUT2D eigenvalue weighted by molar-refractivity contribution is 5.87. The average Bonchev–Trinajstić information content (AvgIpc) is 2.05. The molecular weight excluding hydrogens is 152 g/mol. The van der Waals surface area contributed by atoms with E-state index in [-0.39, 0.29) is 0 Å². The van der Waals surface area contributed by atoms with E-state index in [2.05, 4.69) is 0 Å². The first-order chi connectivity index (χ1) is 5.75. The van der Waals surface area contributed by atoms with E-state index >= 15 is 0 Å². The summed E-state index contributed by atoms with van der Waals surface area (Å²) in [5, 5.41) is 0. The summed E-state index contributed by atoms with van der Waals surface area (Å²) in [6.07, 6.45) is 4.27. The van der Waals surface area contributed by atoms with Crippen LogP contribution in [0, 0.1) is 0 Å². The van der Waals surface area contributed by atoms with Crippen LogP contribution in [0.4, 0.5) is 0 Å². The van der Waals surface area contributed by atoms with Gasteiger partial charge in [-0.25, -0.2) is 0 Å². The standard InChI is InChI=1S/C10H12O2/c11-9-3-1-7-5-10(12)4-2-8(7)6-9/h1-6H2. The van der Waals surface area contributed by atoms with Crippen LogP contribution >= 0.6 is 0 Å². The van der Waals surface area contributed by atoms with E-state index in [0.717, 1.165) is 12.8 Å². The molecule has 2 heteroatoms. The second-order valence-corrected chi connectivity index (χ2v) is 3.64. The molecule has 0 aromatic carbocycles. The Balaban J connectivity index is 2.21. The highest BCUT2D eigenvalue weighted by atomic mass is 16.1. The monoisotopic (exact) mass is 164 g/mol. The van der Waals surface area contributed by atoms with Crippen molar-refractivity contribution in [3.8, 4) is 0 Å². The van der Waals surface area contributed by atoms with Gasteiger partial charge in [-0.1, -0.05) is 11.1 Å². The number of hydrogen-bond donors (Lipinski definition) is 0. The second kappa shape index (κ2) is 2.85. The normalized spacial score (nSPS) is 24.3. The number of carbonyl (C=O) groups is 2. The van der Waals surface area contributed by atoms with Crippen LogP contribution in [0.3, 0.4) is 0 Å². The summed E-state index contributed by atoms with van der Waals surface area (Å²) >= 11 is 0. The van der Waals surface area contributed by atoms with Crippen LogP contribution in [-0.4, -0.2) is 11.6 Å². The van der Waals surface area contributed by atoms with Gasteiger partial charge in [-0.15, -0.1) is 0 Å². The van der Waals surface area contributed by atoms with Gasteiger partial charge in [-0.3, -0.25) is 9.59 Å². The molecule has 0 saturated heterocycles. The van der Waals surface area contributed by atoms with E-state index in [1.807, 2.05) is 0 Å². The molecule has 0 spiro atoms. The van der Waals surface area contributed by atoms with Crippen molar-refractivity contribution in [1.29, 1.82) is 0 Å². The van der Waals surface area contributed by atoms with Crippen molar-refractivity contribution in [3.63, 3.8) is 0 Å². The van der Waals surface area contributed by atoms with Crippen molar-refractivity contribution in [2.24, 2.45) is 0 Å². The lowest BCUT2D eigenvalue weighted by Gasteiger charge is -2.23. The largest absolute Gasteiger partial charge is 0.299 e. The lowest BCUT2D eigenvalue weighted by atomic mass is 9.81. The summed E-state index contributed by atoms with van der Waals surface area (Å²) in [5.41, 5.74) is 2.54. The van der Waals surface area contributed by atoms with Gasteiger partial charge >= 0.3 is 0 Å². The zero-order valence-electron chi connectivity index (χ0n) is 7.06. The summed E-state index contributed by atoms with van der Waals surface area (Å²) in [4.78, 5) is 22.2. The van der Waals surface area contributed by atoms with E-state index < -0.39 is 0 Å². The predicted octanol–water partition coefficient (Wildman–Crippen LogP) is 1.79. The van der Waals surface area contributed by atoms with Crippen LogP contribution < -0.4 is 0 Å². The highest BCUT2D eigenvalue weighted by Crippen LogP contribution is 2.32. The van der Waals surface area contributed by atoms with Crippen LogP contribution in [0.1, 0.15) is 38.5 Å². The Bertz CT molecular complexity index is 246. The molecule has 0 aromatic heterocycles. The number of allylic oxidation sites excluding steroid dienone is 2. The maximum Gasteiger partial charge on any atom is 0.137 e. The number of rotatable bonds is 0. The van der Waals surface area contributed by atoms with Crippen molar-refractivity contribution < 1.29 is 9.59 Å². The van der Waals surface area contributed by atoms with Gasteiger partial charge in [-0.05, 0) is 12.8 Å². The summed E-state index contributed by atoms with van der Waals surface area (Å²) in [6, 6.07) is 0. The molecule has 12 heavy (non-hydrogen) atoms. The lowest BCUT2D eigenvalue weighted by Crippen LogP contribution is -2.17. The SMILES string of the molecule is O=C1CCC2=C(CCC(=O)C2)C1. The summed E-state index contributed by atoms with van der Waals surface area (Å²) in [6.45, 7) is 0. The summed E-state index contributed by atoms with van der Waals surface area (Å²) in [5.74, 6) is 0.700. The van der Waals surface area contributed by atoms with Gasteiger partial charge in [0.2, 0.25) is 0 Å². The first-order valence-corrected chi connectivity index (χ1v) is 4.49. The molecule has 0 fully saturated rings. The minimum absolute atomic E-state index is 0.350. The van der Waals surface area contributed by atoms with E-state index in [9.17, 15) is 9.59 Å². The molecule has 0 unspecified atom stereocenters. The Kier molecular flexibility index (Phi) is 1.83. The van der Waals surface area contributed by atoms with Crippen LogP contribution in [-0.2, 0) is 9.59 Å².